The SMILES string of the molecule is CCOC(=O)c1ccc(CN2C(=O)C(=O)c3cc(F)ccc32)o1. The van der Waals surface area contributed by atoms with Crippen LogP contribution >= 0.6 is 0 Å². The fraction of sp³-hybridized carbons (Fsp3) is 0.188. The van der Waals surface area contributed by atoms with Crippen LogP contribution in [0.2, 0.25) is 0 Å². The number of Topliss-reactive ketones (excluding diaryl/α,β-unsaturated/α-hetero) is 1. The number of hydrogen-bond donors (Lipinski definition) is 0. The van der Waals surface area contributed by atoms with Crippen LogP contribution in [-0.2, 0) is 16.1 Å². The molecule has 0 fully saturated rings. The molecule has 0 radical (unpaired) electrons. The molecular weight excluding hydrogens is 305 g/mol. The lowest BCUT2D eigenvalue weighted by molar-refractivity contribution is -0.114. The lowest BCUT2D eigenvalue weighted by Crippen LogP contribution is -2.28. The van der Waals surface area contributed by atoms with Crippen LogP contribution in [0.3, 0.4) is 0 Å². The van der Waals surface area contributed by atoms with E-state index < -0.39 is 23.5 Å². The molecule has 0 atom stereocenters. The highest BCUT2D eigenvalue weighted by Gasteiger charge is 2.36. The summed E-state index contributed by atoms with van der Waals surface area (Å²) in [5.41, 5.74) is 0.336. The number of rotatable bonds is 4. The molecule has 23 heavy (non-hydrogen) atoms. The quantitative estimate of drug-likeness (QED) is 0.639. The maximum Gasteiger partial charge on any atom is 0.374 e. The van der Waals surface area contributed by atoms with E-state index >= 15 is 0 Å². The minimum atomic E-state index is -0.767. The van der Waals surface area contributed by atoms with Gasteiger partial charge < -0.3 is 9.15 Å². The van der Waals surface area contributed by atoms with Crippen molar-refractivity contribution in [3.63, 3.8) is 0 Å². The first-order valence-electron chi connectivity index (χ1n) is 6.93. The number of nitrogens with zero attached hydrogens (tertiary/aromatic N) is 1. The fourth-order valence-electron chi connectivity index (χ4n) is 2.36. The highest BCUT2D eigenvalue weighted by atomic mass is 19.1. The zero-order chi connectivity index (χ0) is 16.6. The van der Waals surface area contributed by atoms with Crippen LogP contribution in [0.5, 0.6) is 0 Å². The molecule has 3 rings (SSSR count). The number of anilines is 1. The van der Waals surface area contributed by atoms with Gasteiger partial charge in [-0.3, -0.25) is 14.5 Å². The van der Waals surface area contributed by atoms with Crippen LogP contribution in [0.15, 0.2) is 34.7 Å². The van der Waals surface area contributed by atoms with Gasteiger partial charge in [0.15, 0.2) is 0 Å². The second kappa shape index (κ2) is 5.68. The second-order valence-corrected chi connectivity index (χ2v) is 4.87. The summed E-state index contributed by atoms with van der Waals surface area (Å²) in [6.07, 6.45) is 0. The average Bonchev–Trinajstić information content (AvgIpc) is 3.08. The van der Waals surface area contributed by atoms with Crippen molar-refractivity contribution in [1.82, 2.24) is 0 Å². The topological polar surface area (TPSA) is 76.8 Å². The number of amides is 1. The molecule has 6 nitrogen and oxygen atoms in total. The van der Waals surface area contributed by atoms with E-state index in [4.69, 9.17) is 9.15 Å². The van der Waals surface area contributed by atoms with E-state index in [-0.39, 0.29) is 24.5 Å². The van der Waals surface area contributed by atoms with Crippen molar-refractivity contribution in [3.05, 3.63) is 53.2 Å². The highest BCUT2D eigenvalue weighted by molar-refractivity contribution is 6.52. The Balaban J connectivity index is 1.85. The molecule has 1 aromatic heterocycles. The van der Waals surface area contributed by atoms with E-state index in [2.05, 4.69) is 0 Å². The third-order valence-electron chi connectivity index (χ3n) is 3.39. The van der Waals surface area contributed by atoms with Gasteiger partial charge in [0.1, 0.15) is 11.6 Å². The number of benzene rings is 1. The Hall–Kier alpha value is -2.96. The normalized spacial score (nSPS) is 13.4. The standard InChI is InChI=1S/C16H12FNO5/c1-2-22-16(21)13-6-4-10(23-13)8-18-12-5-3-9(17)7-11(12)14(19)15(18)20/h3-7H,2,8H2,1H3. The van der Waals surface area contributed by atoms with Crippen LogP contribution in [0.4, 0.5) is 10.1 Å². The summed E-state index contributed by atoms with van der Waals surface area (Å²) in [4.78, 5) is 36.7. The summed E-state index contributed by atoms with van der Waals surface area (Å²) in [6, 6.07) is 6.51. The smallest absolute Gasteiger partial charge is 0.374 e. The molecule has 0 N–H and O–H groups in total. The molecule has 0 aliphatic carbocycles. The molecular formula is C16H12FNO5. The average molecular weight is 317 g/mol. The van der Waals surface area contributed by atoms with Gasteiger partial charge >= 0.3 is 5.97 Å². The van der Waals surface area contributed by atoms with Crippen molar-refractivity contribution in [1.29, 1.82) is 0 Å². The summed E-state index contributed by atoms with van der Waals surface area (Å²) in [6.45, 7) is 1.85. The lowest BCUT2D eigenvalue weighted by atomic mass is 10.1. The van der Waals surface area contributed by atoms with Gasteiger partial charge in [0.25, 0.3) is 11.7 Å². The summed E-state index contributed by atoms with van der Waals surface area (Å²) in [5, 5.41) is 0. The molecule has 0 saturated carbocycles. The number of fused-ring (bicyclic) bond motifs is 1. The molecule has 7 heteroatoms. The molecule has 0 spiro atoms. The highest BCUT2D eigenvalue weighted by Crippen LogP contribution is 2.31. The van der Waals surface area contributed by atoms with E-state index in [0.29, 0.717) is 11.4 Å². The zero-order valence-corrected chi connectivity index (χ0v) is 12.2. The number of ether oxygens (including phenoxy) is 1. The largest absolute Gasteiger partial charge is 0.460 e. The van der Waals surface area contributed by atoms with Crippen molar-refractivity contribution >= 4 is 23.3 Å². The third-order valence-corrected chi connectivity index (χ3v) is 3.39. The van der Waals surface area contributed by atoms with Gasteiger partial charge in [0, 0.05) is 0 Å². The first-order valence-corrected chi connectivity index (χ1v) is 6.93. The number of hydrogen-bond acceptors (Lipinski definition) is 5. The summed E-state index contributed by atoms with van der Waals surface area (Å²) in [7, 11) is 0. The number of halogens is 1. The molecule has 1 aromatic carbocycles. The fourth-order valence-corrected chi connectivity index (χ4v) is 2.36. The van der Waals surface area contributed by atoms with Crippen molar-refractivity contribution in [2.24, 2.45) is 0 Å². The van der Waals surface area contributed by atoms with Gasteiger partial charge in [-0.1, -0.05) is 0 Å². The van der Waals surface area contributed by atoms with Gasteiger partial charge in [-0.2, -0.15) is 0 Å². The molecule has 1 aliphatic rings. The first-order chi connectivity index (χ1) is 11.0. The van der Waals surface area contributed by atoms with Crippen LogP contribution in [0.1, 0.15) is 33.6 Å². The Labute approximate surface area is 130 Å². The molecule has 118 valence electrons. The Kier molecular flexibility index (Phi) is 3.69. The van der Waals surface area contributed by atoms with Crippen molar-refractivity contribution < 1.29 is 27.9 Å². The predicted octanol–water partition coefficient (Wildman–Crippen LogP) is 2.32. The number of carbonyl (C=O) groups is 3. The molecule has 2 aromatic rings. The number of carbonyl (C=O) groups excluding carboxylic acids is 3. The minimum absolute atomic E-state index is 0.0131. The van der Waals surface area contributed by atoms with Crippen LogP contribution in [0, 0.1) is 5.82 Å². The van der Waals surface area contributed by atoms with E-state index in [9.17, 15) is 18.8 Å². The lowest BCUT2D eigenvalue weighted by Gasteiger charge is -2.14. The van der Waals surface area contributed by atoms with Gasteiger partial charge in [-0.15, -0.1) is 0 Å². The summed E-state index contributed by atoms with van der Waals surface area (Å²) in [5.74, 6) is -2.40. The Morgan fingerprint density at radius 2 is 2.04 bits per heavy atom. The molecule has 1 aliphatic heterocycles. The maximum absolute atomic E-state index is 13.2. The van der Waals surface area contributed by atoms with Gasteiger partial charge in [0.2, 0.25) is 5.76 Å². The Morgan fingerprint density at radius 3 is 2.78 bits per heavy atom. The van der Waals surface area contributed by atoms with E-state index in [1.54, 1.807) is 6.92 Å². The van der Waals surface area contributed by atoms with Gasteiger partial charge in [-0.05, 0) is 37.3 Å². The molecule has 0 saturated heterocycles. The van der Waals surface area contributed by atoms with Crippen LogP contribution < -0.4 is 4.90 Å². The van der Waals surface area contributed by atoms with Crippen molar-refractivity contribution in [2.75, 3.05) is 11.5 Å². The second-order valence-electron chi connectivity index (χ2n) is 4.87. The number of esters is 1. The van der Waals surface area contributed by atoms with Crippen LogP contribution in [0.25, 0.3) is 0 Å². The van der Waals surface area contributed by atoms with E-state index in [1.165, 1.54) is 29.2 Å². The predicted molar refractivity (Wildman–Crippen MR) is 76.6 cm³/mol. The van der Waals surface area contributed by atoms with E-state index in [1.807, 2.05) is 0 Å². The minimum Gasteiger partial charge on any atom is -0.460 e. The number of furan rings is 1. The summed E-state index contributed by atoms with van der Waals surface area (Å²) >= 11 is 0. The zero-order valence-electron chi connectivity index (χ0n) is 12.2. The third kappa shape index (κ3) is 2.61. The van der Waals surface area contributed by atoms with Crippen molar-refractivity contribution in [3.8, 4) is 0 Å². The van der Waals surface area contributed by atoms with Crippen LogP contribution in [-0.4, -0.2) is 24.3 Å². The first kappa shape index (κ1) is 15.0. The van der Waals surface area contributed by atoms with Gasteiger partial charge in [0.05, 0.1) is 24.4 Å². The summed E-state index contributed by atoms with van der Waals surface area (Å²) < 4.78 is 23.4. The van der Waals surface area contributed by atoms with Gasteiger partial charge in [-0.25, -0.2) is 9.18 Å². The number of ketones is 1. The molecule has 0 unspecified atom stereocenters. The molecule has 0 bridgehead atoms. The van der Waals surface area contributed by atoms with Crippen molar-refractivity contribution in [2.45, 2.75) is 13.5 Å². The Bertz CT molecular complexity index is 811. The molecule has 1 amide bonds. The maximum atomic E-state index is 13.2. The molecule has 2 heterocycles. The van der Waals surface area contributed by atoms with E-state index in [0.717, 1.165) is 6.07 Å². The Morgan fingerprint density at radius 1 is 1.26 bits per heavy atom. The monoisotopic (exact) mass is 317 g/mol.